The van der Waals surface area contributed by atoms with Gasteiger partial charge in [-0.2, -0.15) is 0 Å². The fraction of sp³-hybridized carbons (Fsp3) is 0.333. The van der Waals surface area contributed by atoms with Crippen molar-refractivity contribution in [1.82, 2.24) is 14.5 Å². The molecule has 0 aromatic carbocycles. The molecule has 2 heterocycles. The lowest BCUT2D eigenvalue weighted by molar-refractivity contribution is 0.742. The quantitative estimate of drug-likeness (QED) is 0.746. The third-order valence-electron chi connectivity index (χ3n) is 2.78. The molecule has 0 aliphatic carbocycles. The molecule has 0 aliphatic heterocycles. The maximum atomic E-state index is 4.38. The topological polar surface area (TPSA) is 30.7 Å². The molecular formula is C12H15N3. The summed E-state index contributed by atoms with van der Waals surface area (Å²) in [6.45, 7) is 7.00. The van der Waals surface area contributed by atoms with Crippen LogP contribution in [0, 0.1) is 20.8 Å². The Balaban J connectivity index is 2.30. The van der Waals surface area contributed by atoms with Crippen LogP contribution in [0.5, 0.6) is 0 Å². The Hall–Kier alpha value is -1.64. The van der Waals surface area contributed by atoms with E-state index in [2.05, 4.69) is 34.4 Å². The summed E-state index contributed by atoms with van der Waals surface area (Å²) in [6, 6.07) is 4.05. The molecule has 0 N–H and O–H groups in total. The predicted molar refractivity (Wildman–Crippen MR) is 59.8 cm³/mol. The van der Waals surface area contributed by atoms with Crippen molar-refractivity contribution in [3.8, 4) is 0 Å². The molecule has 78 valence electrons. The zero-order valence-electron chi connectivity index (χ0n) is 9.36. The highest BCUT2D eigenvalue weighted by atomic mass is 15.1. The zero-order valence-corrected chi connectivity index (χ0v) is 9.36. The Morgan fingerprint density at radius 2 is 2.00 bits per heavy atom. The standard InChI is InChI=1S/C12H15N3/c1-9-5-4-6-13-12(9)7-15-8-14-10(2)11(15)3/h4-6,8H,7H2,1-3H3. The number of aromatic nitrogens is 3. The molecule has 0 amide bonds. The lowest BCUT2D eigenvalue weighted by atomic mass is 10.2. The molecule has 0 saturated carbocycles. The average molecular weight is 201 g/mol. The van der Waals surface area contributed by atoms with Crippen LogP contribution in [0.3, 0.4) is 0 Å². The number of hydrogen-bond donors (Lipinski definition) is 0. The van der Waals surface area contributed by atoms with Gasteiger partial charge in [-0.1, -0.05) is 6.07 Å². The summed E-state index contributed by atoms with van der Waals surface area (Å²) in [5, 5.41) is 0. The first kappa shape index (κ1) is 9.90. The number of pyridine rings is 1. The summed E-state index contributed by atoms with van der Waals surface area (Å²) in [6.07, 6.45) is 3.71. The third kappa shape index (κ3) is 1.91. The van der Waals surface area contributed by atoms with Crippen molar-refractivity contribution in [2.75, 3.05) is 0 Å². The highest BCUT2D eigenvalue weighted by Gasteiger charge is 2.04. The predicted octanol–water partition coefficient (Wildman–Crippen LogP) is 2.25. The Kier molecular flexibility index (Phi) is 2.54. The second kappa shape index (κ2) is 3.85. The number of imidazole rings is 1. The van der Waals surface area contributed by atoms with Crippen LogP contribution < -0.4 is 0 Å². The van der Waals surface area contributed by atoms with Crippen LogP contribution in [-0.4, -0.2) is 14.5 Å². The smallest absolute Gasteiger partial charge is 0.0955 e. The van der Waals surface area contributed by atoms with Crippen LogP contribution in [0.2, 0.25) is 0 Å². The summed E-state index contributed by atoms with van der Waals surface area (Å²) >= 11 is 0. The van der Waals surface area contributed by atoms with Crippen LogP contribution in [0.25, 0.3) is 0 Å². The van der Waals surface area contributed by atoms with Gasteiger partial charge in [0.25, 0.3) is 0 Å². The van der Waals surface area contributed by atoms with Crippen molar-refractivity contribution in [3.63, 3.8) is 0 Å². The molecule has 0 aliphatic rings. The van der Waals surface area contributed by atoms with Crippen molar-refractivity contribution in [3.05, 3.63) is 47.3 Å². The second-order valence-electron chi connectivity index (χ2n) is 3.81. The lowest BCUT2D eigenvalue weighted by Gasteiger charge is -2.07. The third-order valence-corrected chi connectivity index (χ3v) is 2.78. The highest BCUT2D eigenvalue weighted by Crippen LogP contribution is 2.09. The number of nitrogens with zero attached hydrogens (tertiary/aromatic N) is 3. The lowest BCUT2D eigenvalue weighted by Crippen LogP contribution is -2.04. The average Bonchev–Trinajstić information content (AvgIpc) is 2.53. The van der Waals surface area contributed by atoms with Gasteiger partial charge in [0.15, 0.2) is 0 Å². The summed E-state index contributed by atoms with van der Waals surface area (Å²) in [5.74, 6) is 0. The highest BCUT2D eigenvalue weighted by molar-refractivity contribution is 5.19. The van der Waals surface area contributed by atoms with Gasteiger partial charge in [0, 0.05) is 11.9 Å². The fourth-order valence-corrected chi connectivity index (χ4v) is 1.55. The van der Waals surface area contributed by atoms with E-state index in [-0.39, 0.29) is 0 Å². The molecule has 2 rings (SSSR count). The van der Waals surface area contributed by atoms with Crippen LogP contribution in [-0.2, 0) is 6.54 Å². The number of hydrogen-bond acceptors (Lipinski definition) is 2. The van der Waals surface area contributed by atoms with Crippen molar-refractivity contribution < 1.29 is 0 Å². The molecule has 2 aromatic heterocycles. The summed E-state index contributed by atoms with van der Waals surface area (Å²) in [7, 11) is 0. The molecular weight excluding hydrogens is 186 g/mol. The van der Waals surface area contributed by atoms with Crippen molar-refractivity contribution in [2.45, 2.75) is 27.3 Å². The Bertz CT molecular complexity index is 471. The van der Waals surface area contributed by atoms with Crippen LogP contribution in [0.1, 0.15) is 22.6 Å². The van der Waals surface area contributed by atoms with Crippen molar-refractivity contribution in [1.29, 1.82) is 0 Å². The molecule has 3 nitrogen and oxygen atoms in total. The van der Waals surface area contributed by atoms with E-state index in [0.29, 0.717) is 0 Å². The molecule has 0 saturated heterocycles. The van der Waals surface area contributed by atoms with E-state index in [1.807, 2.05) is 25.5 Å². The van der Waals surface area contributed by atoms with Crippen molar-refractivity contribution in [2.24, 2.45) is 0 Å². The van der Waals surface area contributed by atoms with E-state index in [1.54, 1.807) is 0 Å². The van der Waals surface area contributed by atoms with Crippen molar-refractivity contribution >= 4 is 0 Å². The fourth-order valence-electron chi connectivity index (χ4n) is 1.55. The van der Waals surface area contributed by atoms with Crippen LogP contribution in [0.4, 0.5) is 0 Å². The largest absolute Gasteiger partial charge is 0.329 e. The summed E-state index contributed by atoms with van der Waals surface area (Å²) in [5.41, 5.74) is 4.63. The zero-order chi connectivity index (χ0) is 10.8. The van der Waals surface area contributed by atoms with Crippen LogP contribution in [0.15, 0.2) is 24.7 Å². The maximum Gasteiger partial charge on any atom is 0.0955 e. The Labute approximate surface area is 89.8 Å². The Morgan fingerprint density at radius 3 is 2.60 bits per heavy atom. The van der Waals surface area contributed by atoms with Crippen LogP contribution >= 0.6 is 0 Å². The minimum atomic E-state index is 0.805. The molecule has 15 heavy (non-hydrogen) atoms. The molecule has 0 atom stereocenters. The summed E-state index contributed by atoms with van der Waals surface area (Å²) in [4.78, 5) is 8.65. The second-order valence-corrected chi connectivity index (χ2v) is 3.81. The van der Waals surface area contributed by atoms with E-state index in [1.165, 1.54) is 11.3 Å². The van der Waals surface area contributed by atoms with Gasteiger partial charge in [0.2, 0.25) is 0 Å². The van der Waals surface area contributed by atoms with Gasteiger partial charge >= 0.3 is 0 Å². The molecule has 0 unspecified atom stereocenters. The molecule has 0 bridgehead atoms. The number of aryl methyl sites for hydroxylation is 2. The SMILES string of the molecule is Cc1cccnc1Cn1cnc(C)c1C. The molecule has 3 heteroatoms. The first-order valence-corrected chi connectivity index (χ1v) is 5.07. The molecule has 0 spiro atoms. The molecule has 0 radical (unpaired) electrons. The number of rotatable bonds is 2. The Morgan fingerprint density at radius 1 is 1.20 bits per heavy atom. The van der Waals surface area contributed by atoms with E-state index < -0.39 is 0 Å². The first-order chi connectivity index (χ1) is 7.18. The van der Waals surface area contributed by atoms with E-state index in [0.717, 1.165) is 17.9 Å². The van der Waals surface area contributed by atoms with Gasteiger partial charge < -0.3 is 4.57 Å². The monoisotopic (exact) mass is 201 g/mol. The first-order valence-electron chi connectivity index (χ1n) is 5.07. The molecule has 0 fully saturated rings. The van der Waals surface area contributed by atoms with E-state index >= 15 is 0 Å². The van der Waals surface area contributed by atoms with Gasteiger partial charge in [-0.05, 0) is 32.4 Å². The normalized spacial score (nSPS) is 10.6. The van der Waals surface area contributed by atoms with Gasteiger partial charge in [-0.15, -0.1) is 0 Å². The maximum absolute atomic E-state index is 4.38. The minimum Gasteiger partial charge on any atom is -0.329 e. The molecule has 2 aromatic rings. The van der Waals surface area contributed by atoms with Gasteiger partial charge in [0.1, 0.15) is 0 Å². The van der Waals surface area contributed by atoms with Gasteiger partial charge in [0.05, 0.1) is 24.3 Å². The van der Waals surface area contributed by atoms with Gasteiger partial charge in [-0.3, -0.25) is 4.98 Å². The summed E-state index contributed by atoms with van der Waals surface area (Å²) < 4.78 is 2.13. The minimum absolute atomic E-state index is 0.805. The van der Waals surface area contributed by atoms with Gasteiger partial charge in [-0.25, -0.2) is 4.98 Å². The van der Waals surface area contributed by atoms with E-state index in [9.17, 15) is 0 Å². The van der Waals surface area contributed by atoms with E-state index in [4.69, 9.17) is 0 Å².